The molecule has 0 radical (unpaired) electrons. The van der Waals surface area contributed by atoms with Gasteiger partial charge in [0.05, 0.1) is 5.39 Å². The summed E-state index contributed by atoms with van der Waals surface area (Å²) in [5.41, 5.74) is 7.44. The molecule has 0 bridgehead atoms. The third-order valence-electron chi connectivity index (χ3n) is 9.36. The fourth-order valence-corrected chi connectivity index (χ4v) is 7.02. The molecule has 0 amide bonds. The zero-order valence-corrected chi connectivity index (χ0v) is 26.2. The maximum Gasteiger partial charge on any atom is 0.164 e. The second kappa shape index (κ2) is 10.9. The van der Waals surface area contributed by atoms with Crippen LogP contribution in [0.4, 0.5) is 0 Å². The molecule has 0 aliphatic rings. The van der Waals surface area contributed by atoms with Crippen molar-refractivity contribution in [2.75, 3.05) is 0 Å². The van der Waals surface area contributed by atoms with Gasteiger partial charge in [0.25, 0.3) is 0 Å². The summed E-state index contributed by atoms with van der Waals surface area (Å²) in [6.45, 7) is 0. The highest BCUT2D eigenvalue weighted by Crippen LogP contribution is 2.40. The van der Waals surface area contributed by atoms with Crippen LogP contribution >= 0.6 is 0 Å². The molecule has 3 heterocycles. The zero-order valence-electron chi connectivity index (χ0n) is 26.2. The molecule has 0 atom stereocenters. The number of fused-ring (bicyclic) bond motifs is 6. The Morgan fingerprint density at radius 3 is 1.63 bits per heavy atom. The Bertz CT molecular complexity index is 2810. The molecular formula is C44H26N4O. The van der Waals surface area contributed by atoms with E-state index in [0.29, 0.717) is 17.5 Å². The summed E-state index contributed by atoms with van der Waals surface area (Å²) in [6, 6.07) is 52.3. The van der Waals surface area contributed by atoms with Gasteiger partial charge in [-0.15, -0.1) is 0 Å². The van der Waals surface area contributed by atoms with Gasteiger partial charge in [-0.2, -0.15) is 0 Å². The van der Waals surface area contributed by atoms with Crippen LogP contribution in [-0.4, -0.2) is 19.9 Å². The van der Waals surface area contributed by atoms with Crippen LogP contribution in [0.15, 0.2) is 162 Å². The van der Waals surface area contributed by atoms with Crippen molar-refractivity contribution in [1.29, 1.82) is 0 Å². The fourth-order valence-electron chi connectivity index (χ4n) is 7.02. The molecule has 0 unspecified atom stereocenters. The number of pyridine rings is 1. The minimum Gasteiger partial charge on any atom is -0.454 e. The molecule has 49 heavy (non-hydrogen) atoms. The summed E-state index contributed by atoms with van der Waals surface area (Å²) >= 11 is 0. The van der Waals surface area contributed by atoms with Gasteiger partial charge in [-0.3, -0.25) is 4.98 Å². The van der Waals surface area contributed by atoms with Crippen LogP contribution in [0, 0.1) is 0 Å². The fraction of sp³-hybridized carbons (Fsp3) is 0. The standard InChI is InChI=1S/C44H26N4O/c1-3-11-29-25-31(22-20-27(29)9-1)42-46-43(32-23-21-28-10-2-4-12-30(28)26-32)48-44(47-42)37-17-6-13-33-34(14-5-15-35(33)37)36-16-7-18-38-40(36)41-39(49-38)19-8-24-45-41/h1-26H. The maximum absolute atomic E-state index is 6.19. The van der Waals surface area contributed by atoms with Gasteiger partial charge in [-0.25, -0.2) is 15.0 Å². The third-order valence-corrected chi connectivity index (χ3v) is 9.36. The Morgan fingerprint density at radius 2 is 0.939 bits per heavy atom. The molecule has 0 spiro atoms. The van der Waals surface area contributed by atoms with Crippen molar-refractivity contribution in [1.82, 2.24) is 19.9 Å². The van der Waals surface area contributed by atoms with Crippen molar-refractivity contribution < 1.29 is 4.42 Å². The summed E-state index contributed by atoms with van der Waals surface area (Å²) < 4.78 is 6.19. The summed E-state index contributed by atoms with van der Waals surface area (Å²) in [7, 11) is 0. The molecule has 0 saturated carbocycles. The van der Waals surface area contributed by atoms with Crippen molar-refractivity contribution in [3.63, 3.8) is 0 Å². The molecule has 10 rings (SSSR count). The van der Waals surface area contributed by atoms with Crippen LogP contribution in [0.25, 0.3) is 99.7 Å². The summed E-state index contributed by atoms with van der Waals surface area (Å²) in [6.07, 6.45) is 1.82. The molecule has 10 aromatic rings. The summed E-state index contributed by atoms with van der Waals surface area (Å²) in [5.74, 6) is 1.89. The van der Waals surface area contributed by atoms with Gasteiger partial charge in [0.15, 0.2) is 23.1 Å². The lowest BCUT2D eigenvalue weighted by Gasteiger charge is -2.13. The van der Waals surface area contributed by atoms with E-state index in [2.05, 4.69) is 127 Å². The van der Waals surface area contributed by atoms with Gasteiger partial charge in [-0.1, -0.05) is 121 Å². The minimum absolute atomic E-state index is 0.623. The largest absolute Gasteiger partial charge is 0.454 e. The lowest BCUT2D eigenvalue weighted by Crippen LogP contribution is -2.01. The molecular weight excluding hydrogens is 601 g/mol. The zero-order chi connectivity index (χ0) is 32.3. The van der Waals surface area contributed by atoms with E-state index in [-0.39, 0.29) is 0 Å². The first-order valence-corrected chi connectivity index (χ1v) is 16.3. The number of hydrogen-bond donors (Lipinski definition) is 0. The number of hydrogen-bond acceptors (Lipinski definition) is 5. The quantitative estimate of drug-likeness (QED) is 0.194. The van der Waals surface area contributed by atoms with Crippen LogP contribution in [0.1, 0.15) is 0 Å². The summed E-state index contributed by atoms with van der Waals surface area (Å²) in [4.78, 5) is 20.1. The van der Waals surface area contributed by atoms with Crippen LogP contribution < -0.4 is 0 Å². The number of rotatable bonds is 4. The lowest BCUT2D eigenvalue weighted by molar-refractivity contribution is 0.668. The second-order valence-corrected chi connectivity index (χ2v) is 12.3. The maximum atomic E-state index is 6.19. The molecule has 7 aromatic carbocycles. The molecule has 0 aliphatic carbocycles. The van der Waals surface area contributed by atoms with Gasteiger partial charge in [0.1, 0.15) is 11.1 Å². The van der Waals surface area contributed by atoms with Crippen LogP contribution in [0.5, 0.6) is 0 Å². The van der Waals surface area contributed by atoms with Crippen molar-refractivity contribution in [3.8, 4) is 45.3 Å². The molecule has 0 N–H and O–H groups in total. The second-order valence-electron chi connectivity index (χ2n) is 12.3. The van der Waals surface area contributed by atoms with E-state index in [4.69, 9.17) is 24.4 Å². The van der Waals surface area contributed by atoms with E-state index in [0.717, 1.165) is 71.4 Å². The van der Waals surface area contributed by atoms with Crippen LogP contribution in [0.2, 0.25) is 0 Å². The third kappa shape index (κ3) is 4.55. The normalized spacial score (nSPS) is 11.7. The minimum atomic E-state index is 0.623. The first-order chi connectivity index (χ1) is 24.3. The van der Waals surface area contributed by atoms with Gasteiger partial charge in [-0.05, 0) is 73.8 Å². The van der Waals surface area contributed by atoms with Crippen molar-refractivity contribution in [2.24, 2.45) is 0 Å². The average molecular weight is 627 g/mol. The smallest absolute Gasteiger partial charge is 0.164 e. The van der Waals surface area contributed by atoms with Crippen molar-refractivity contribution in [3.05, 3.63) is 158 Å². The molecule has 228 valence electrons. The number of nitrogens with zero attached hydrogens (tertiary/aromatic N) is 4. The van der Waals surface area contributed by atoms with E-state index in [1.54, 1.807) is 0 Å². The Kier molecular flexibility index (Phi) is 6.11. The number of furan rings is 1. The first-order valence-electron chi connectivity index (χ1n) is 16.3. The highest BCUT2D eigenvalue weighted by Gasteiger charge is 2.18. The summed E-state index contributed by atoms with van der Waals surface area (Å²) in [5, 5.41) is 7.78. The Hall–Kier alpha value is -6.72. The predicted molar refractivity (Wildman–Crippen MR) is 199 cm³/mol. The van der Waals surface area contributed by atoms with Crippen LogP contribution in [-0.2, 0) is 0 Å². The van der Waals surface area contributed by atoms with E-state index >= 15 is 0 Å². The molecule has 5 heteroatoms. The van der Waals surface area contributed by atoms with E-state index in [1.165, 1.54) is 10.8 Å². The highest BCUT2D eigenvalue weighted by atomic mass is 16.3. The molecule has 0 fully saturated rings. The SMILES string of the molecule is c1ccc2cc(-c3nc(-c4ccc5ccccc5c4)nc(-c4cccc5c(-c6cccc7oc8cccnc8c67)cccc45)n3)ccc2c1. The Labute approximate surface area is 281 Å². The predicted octanol–water partition coefficient (Wildman–Crippen LogP) is 11.3. The van der Waals surface area contributed by atoms with Crippen molar-refractivity contribution in [2.45, 2.75) is 0 Å². The average Bonchev–Trinajstić information content (AvgIpc) is 3.56. The first kappa shape index (κ1) is 27.4. The Morgan fingerprint density at radius 1 is 0.388 bits per heavy atom. The van der Waals surface area contributed by atoms with Gasteiger partial charge >= 0.3 is 0 Å². The van der Waals surface area contributed by atoms with Crippen LogP contribution in [0.3, 0.4) is 0 Å². The number of aromatic nitrogens is 4. The van der Waals surface area contributed by atoms with Gasteiger partial charge < -0.3 is 4.42 Å². The highest BCUT2D eigenvalue weighted by molar-refractivity contribution is 6.15. The molecule has 0 aliphatic heterocycles. The number of benzene rings is 7. The van der Waals surface area contributed by atoms with Gasteiger partial charge in [0.2, 0.25) is 0 Å². The Balaban J connectivity index is 1.20. The molecule has 0 saturated heterocycles. The monoisotopic (exact) mass is 626 g/mol. The van der Waals surface area contributed by atoms with Crippen molar-refractivity contribution >= 4 is 54.4 Å². The molecule has 5 nitrogen and oxygen atoms in total. The van der Waals surface area contributed by atoms with Gasteiger partial charge in [0, 0.05) is 22.9 Å². The van der Waals surface area contributed by atoms with E-state index < -0.39 is 0 Å². The van der Waals surface area contributed by atoms with E-state index in [9.17, 15) is 0 Å². The van der Waals surface area contributed by atoms with E-state index in [1.807, 2.05) is 30.5 Å². The lowest BCUT2D eigenvalue weighted by atomic mass is 9.93. The topological polar surface area (TPSA) is 64.7 Å². The molecule has 3 aromatic heterocycles.